The summed E-state index contributed by atoms with van der Waals surface area (Å²) in [5.74, 6) is -0.175. The summed E-state index contributed by atoms with van der Waals surface area (Å²) in [5.41, 5.74) is 5.55. The lowest BCUT2D eigenvalue weighted by atomic mass is 10.7. The number of hydrogen-bond donors (Lipinski definition) is 2. The van der Waals surface area contributed by atoms with Crippen LogP contribution in [0.15, 0.2) is 16.6 Å². The number of anilines is 1. The number of nitrogens with two attached hydrogens (primary N) is 1. The van der Waals surface area contributed by atoms with Crippen molar-refractivity contribution in [1.29, 1.82) is 0 Å². The fourth-order valence-electron chi connectivity index (χ4n) is 1.55. The number of nitrogens with zero attached hydrogens (tertiary/aromatic N) is 2. The summed E-state index contributed by atoms with van der Waals surface area (Å²) < 4.78 is 67.4. The summed E-state index contributed by atoms with van der Waals surface area (Å²) in [6.45, 7) is -2.15. The highest BCUT2D eigenvalue weighted by atomic mass is 32.2. The Kier molecular flexibility index (Phi) is 4.41. The van der Waals surface area contributed by atoms with E-state index in [1.165, 1.54) is 21.9 Å². The van der Waals surface area contributed by atoms with Crippen LogP contribution in [0.1, 0.15) is 0 Å². The second-order valence-electron chi connectivity index (χ2n) is 3.92. The van der Waals surface area contributed by atoms with E-state index in [1.54, 1.807) is 5.38 Å². The molecule has 3 N–H and O–H groups in total. The Balaban J connectivity index is 1.99. The van der Waals surface area contributed by atoms with Gasteiger partial charge in [-0.2, -0.15) is 13.2 Å². The number of imidazole rings is 1. The van der Waals surface area contributed by atoms with Crippen LogP contribution in [0.4, 0.5) is 19.0 Å². The van der Waals surface area contributed by atoms with Crippen molar-refractivity contribution in [3.8, 4) is 0 Å². The monoisotopic (exact) mass is 344 g/mol. The van der Waals surface area contributed by atoms with Crippen LogP contribution < -0.4 is 10.5 Å². The predicted molar refractivity (Wildman–Crippen MR) is 69.5 cm³/mol. The Morgan fingerprint density at radius 3 is 2.86 bits per heavy atom. The molecule has 0 aliphatic rings. The van der Waals surface area contributed by atoms with Crippen molar-refractivity contribution in [2.45, 2.75) is 11.2 Å². The third-order valence-electron chi connectivity index (χ3n) is 2.30. The summed E-state index contributed by atoms with van der Waals surface area (Å²) in [6.07, 6.45) is -2.96. The molecule has 12 heteroatoms. The SMILES string of the molecule is Nc1nc2sccn2c1S(=O)(=O)NCCOCC(F)(F)F. The van der Waals surface area contributed by atoms with Gasteiger partial charge < -0.3 is 10.5 Å². The van der Waals surface area contributed by atoms with Crippen LogP contribution in [0.25, 0.3) is 4.96 Å². The van der Waals surface area contributed by atoms with Crippen LogP contribution in [0.2, 0.25) is 0 Å². The second-order valence-corrected chi connectivity index (χ2v) is 6.48. The van der Waals surface area contributed by atoms with Crippen molar-refractivity contribution < 1.29 is 26.3 Å². The molecule has 0 aliphatic heterocycles. The van der Waals surface area contributed by atoms with Gasteiger partial charge in [0.25, 0.3) is 10.0 Å². The number of nitrogens with one attached hydrogen (secondary N) is 1. The number of nitrogen functional groups attached to an aromatic ring is 1. The Hall–Kier alpha value is -1.37. The molecule has 0 bridgehead atoms. The van der Waals surface area contributed by atoms with Crippen molar-refractivity contribution in [1.82, 2.24) is 14.1 Å². The standard InChI is InChI=1S/C9H11F3N4O3S2/c10-9(11,12)5-19-3-1-14-21(17,18)7-6(13)15-8-16(7)2-4-20-8/h2,4,14H,1,3,5,13H2. The van der Waals surface area contributed by atoms with Crippen molar-refractivity contribution in [2.75, 3.05) is 25.5 Å². The van der Waals surface area contributed by atoms with Gasteiger partial charge >= 0.3 is 6.18 Å². The predicted octanol–water partition coefficient (Wildman–Crippen LogP) is 0.835. The highest BCUT2D eigenvalue weighted by Gasteiger charge is 2.28. The van der Waals surface area contributed by atoms with E-state index in [2.05, 4.69) is 14.4 Å². The van der Waals surface area contributed by atoms with Gasteiger partial charge in [0.1, 0.15) is 6.61 Å². The lowest BCUT2D eigenvalue weighted by Gasteiger charge is -2.09. The van der Waals surface area contributed by atoms with Crippen LogP contribution in [-0.2, 0) is 14.8 Å². The molecule has 0 saturated heterocycles. The molecule has 2 heterocycles. The van der Waals surface area contributed by atoms with E-state index in [9.17, 15) is 21.6 Å². The number of rotatable bonds is 6. The average Bonchev–Trinajstić information content (AvgIpc) is 2.85. The second kappa shape index (κ2) is 5.79. The molecular formula is C9H11F3N4O3S2. The van der Waals surface area contributed by atoms with Gasteiger partial charge in [-0.1, -0.05) is 0 Å². The molecule has 118 valence electrons. The third-order valence-corrected chi connectivity index (χ3v) is 4.56. The summed E-state index contributed by atoms with van der Waals surface area (Å²) in [6, 6.07) is 0. The summed E-state index contributed by atoms with van der Waals surface area (Å²) in [7, 11) is -3.99. The maximum atomic E-state index is 12.1. The zero-order chi connectivity index (χ0) is 15.7. The van der Waals surface area contributed by atoms with Gasteiger partial charge in [0, 0.05) is 18.1 Å². The molecule has 7 nitrogen and oxygen atoms in total. The van der Waals surface area contributed by atoms with Crippen LogP contribution in [0.5, 0.6) is 0 Å². The van der Waals surface area contributed by atoms with Crippen LogP contribution in [0.3, 0.4) is 0 Å². The Labute approximate surface area is 121 Å². The van der Waals surface area contributed by atoms with E-state index in [0.29, 0.717) is 4.96 Å². The topological polar surface area (TPSA) is 98.7 Å². The number of alkyl halides is 3. The maximum Gasteiger partial charge on any atom is 0.411 e. The number of ether oxygens (including phenoxy) is 1. The number of halogens is 3. The summed E-state index contributed by atoms with van der Waals surface area (Å²) in [5, 5.41) is 1.39. The highest BCUT2D eigenvalue weighted by Crippen LogP contribution is 2.22. The first kappa shape index (κ1) is 16.0. The van der Waals surface area contributed by atoms with E-state index in [0.717, 1.165) is 0 Å². The summed E-state index contributed by atoms with van der Waals surface area (Å²) in [4.78, 5) is 4.28. The molecule has 0 aliphatic carbocycles. The minimum atomic E-state index is -4.45. The third kappa shape index (κ3) is 3.84. The molecule has 0 amide bonds. The largest absolute Gasteiger partial charge is 0.411 e. The Bertz CT molecular complexity index is 722. The maximum absolute atomic E-state index is 12.1. The minimum Gasteiger partial charge on any atom is -0.381 e. The molecule has 0 spiro atoms. The van der Waals surface area contributed by atoms with Crippen LogP contribution in [0, 0.1) is 0 Å². The zero-order valence-electron chi connectivity index (χ0n) is 10.4. The number of sulfonamides is 1. The van der Waals surface area contributed by atoms with E-state index < -0.39 is 29.4 Å². The van der Waals surface area contributed by atoms with Gasteiger partial charge in [0.2, 0.25) is 0 Å². The number of hydrogen-bond acceptors (Lipinski definition) is 6. The lowest BCUT2D eigenvalue weighted by Crippen LogP contribution is -2.30. The lowest BCUT2D eigenvalue weighted by molar-refractivity contribution is -0.173. The molecule has 0 saturated carbocycles. The van der Waals surface area contributed by atoms with E-state index in [-0.39, 0.29) is 17.4 Å². The van der Waals surface area contributed by atoms with Gasteiger partial charge in [-0.05, 0) is 0 Å². The van der Waals surface area contributed by atoms with Gasteiger partial charge in [0.05, 0.1) is 6.61 Å². The Morgan fingerprint density at radius 2 is 2.19 bits per heavy atom. The quantitative estimate of drug-likeness (QED) is 0.757. The number of thiazole rings is 1. The molecule has 0 radical (unpaired) electrons. The molecular weight excluding hydrogens is 333 g/mol. The van der Waals surface area contributed by atoms with E-state index >= 15 is 0 Å². The minimum absolute atomic E-state index is 0.175. The molecule has 0 unspecified atom stereocenters. The first-order valence-electron chi connectivity index (χ1n) is 5.56. The van der Waals surface area contributed by atoms with Gasteiger partial charge in [-0.3, -0.25) is 4.40 Å². The van der Waals surface area contributed by atoms with Crippen molar-refractivity contribution in [3.63, 3.8) is 0 Å². The molecule has 0 fully saturated rings. The molecule has 0 aromatic carbocycles. The van der Waals surface area contributed by atoms with Crippen molar-refractivity contribution in [2.24, 2.45) is 0 Å². The smallest absolute Gasteiger partial charge is 0.381 e. The zero-order valence-corrected chi connectivity index (χ0v) is 12.1. The molecule has 2 aromatic heterocycles. The van der Waals surface area contributed by atoms with Crippen molar-refractivity contribution >= 4 is 32.1 Å². The Morgan fingerprint density at radius 1 is 1.48 bits per heavy atom. The first-order valence-corrected chi connectivity index (χ1v) is 7.92. The first-order chi connectivity index (χ1) is 9.71. The number of aromatic nitrogens is 2. The molecule has 2 rings (SSSR count). The normalized spacial score (nSPS) is 13.1. The van der Waals surface area contributed by atoms with Crippen LogP contribution >= 0.6 is 11.3 Å². The average molecular weight is 344 g/mol. The van der Waals surface area contributed by atoms with Gasteiger partial charge in [-0.25, -0.2) is 18.1 Å². The summed E-state index contributed by atoms with van der Waals surface area (Å²) >= 11 is 1.20. The van der Waals surface area contributed by atoms with Gasteiger partial charge in [-0.15, -0.1) is 11.3 Å². The molecule has 21 heavy (non-hydrogen) atoms. The fraction of sp³-hybridized carbons (Fsp3) is 0.444. The van der Waals surface area contributed by atoms with E-state index in [4.69, 9.17) is 5.73 Å². The van der Waals surface area contributed by atoms with Crippen molar-refractivity contribution in [3.05, 3.63) is 11.6 Å². The van der Waals surface area contributed by atoms with E-state index in [1.807, 2.05) is 0 Å². The fourth-order valence-corrected chi connectivity index (χ4v) is 3.55. The number of fused-ring (bicyclic) bond motifs is 1. The van der Waals surface area contributed by atoms with Gasteiger partial charge in [0.15, 0.2) is 15.8 Å². The molecule has 0 atom stereocenters. The molecule has 2 aromatic rings. The van der Waals surface area contributed by atoms with Crippen LogP contribution in [-0.4, -0.2) is 43.7 Å². The highest BCUT2D eigenvalue weighted by molar-refractivity contribution is 7.89.